The van der Waals surface area contributed by atoms with Gasteiger partial charge in [0, 0.05) is 0 Å². The van der Waals surface area contributed by atoms with Crippen LogP contribution < -0.4 is 63.2 Å². The van der Waals surface area contributed by atoms with Gasteiger partial charge in [0.05, 0.1) is 0 Å². The van der Waals surface area contributed by atoms with Crippen LogP contribution in [0.25, 0.3) is 10.9 Å². The first-order chi connectivity index (χ1) is 6.47. The Kier molecular flexibility index (Phi) is 14.1. The van der Waals surface area contributed by atoms with E-state index < -0.39 is 0 Å². The van der Waals surface area contributed by atoms with Crippen LogP contribution in [0.2, 0.25) is 0 Å². The van der Waals surface area contributed by atoms with Gasteiger partial charge >= 0.3 is 58.2 Å². The molecule has 0 unspecified atom stereocenters. The summed E-state index contributed by atoms with van der Waals surface area (Å²) in [7, 11) is 0. The second kappa shape index (κ2) is 11.6. The summed E-state index contributed by atoms with van der Waals surface area (Å²) in [5, 5.41) is 1.22. The fraction of sp³-hybridized carbons (Fsp3) is 0.333. The van der Waals surface area contributed by atoms with E-state index >= 15 is 0 Å². The van der Waals surface area contributed by atoms with E-state index in [0.717, 1.165) is 5.52 Å². The molecule has 0 fully saturated rings. The molecule has 0 N–H and O–H groups in total. The van der Waals surface area contributed by atoms with Gasteiger partial charge in [0.1, 0.15) is 0 Å². The molecule has 72 valence electrons. The average molecular weight is 262 g/mol. The summed E-state index contributed by atoms with van der Waals surface area (Å²) in [5.74, 6) is 0. The second-order valence-corrected chi connectivity index (χ2v) is 2.00. The Bertz CT molecular complexity index is 284. The number of hydrogen-bond acceptors (Lipinski definition) is 0. The van der Waals surface area contributed by atoms with Crippen molar-refractivity contribution >= 4 is 10.9 Å². The summed E-state index contributed by atoms with van der Waals surface area (Å²) in [6, 6.07) is 10.1. The zero-order chi connectivity index (χ0) is 10.1. The van der Waals surface area contributed by atoms with Crippen LogP contribution in [0.1, 0.15) is 27.7 Å². The Morgan fingerprint density at radius 2 is 1.43 bits per heavy atom. The molecule has 0 aliphatic carbocycles. The normalized spacial score (nSPS) is 7.43. The summed E-state index contributed by atoms with van der Waals surface area (Å²) >= 11 is 0. The minimum absolute atomic E-state index is 0. The van der Waals surface area contributed by atoms with Crippen molar-refractivity contribution in [3.63, 3.8) is 0 Å². The maximum atomic E-state index is 4.12. The molecule has 14 heavy (non-hydrogen) atoms. The van der Waals surface area contributed by atoms with Gasteiger partial charge in [-0.05, 0) is 5.39 Å². The van der Waals surface area contributed by atoms with E-state index in [9.17, 15) is 0 Å². The molecule has 0 amide bonds. The van der Waals surface area contributed by atoms with Gasteiger partial charge in [0.2, 0.25) is 0 Å². The molecule has 2 aromatic rings. The average Bonchev–Trinajstić information content (AvgIpc) is 2.71. The van der Waals surface area contributed by atoms with Crippen LogP contribution in [0.5, 0.6) is 0 Å². The maximum absolute atomic E-state index is 4.12. The van der Waals surface area contributed by atoms with Gasteiger partial charge in [0.25, 0.3) is 0 Å². The van der Waals surface area contributed by atoms with Crippen LogP contribution in [-0.4, -0.2) is 0 Å². The Labute approximate surface area is 136 Å². The number of benzene rings is 1. The molecule has 0 atom stereocenters. The van der Waals surface area contributed by atoms with Crippen molar-refractivity contribution in [3.8, 4) is 0 Å². The summed E-state index contributed by atoms with van der Waals surface area (Å²) in [4.78, 5) is 4.12. The number of aromatic nitrogens is 1. The fourth-order valence-corrected chi connectivity index (χ4v) is 0.944. The SMILES string of the molecule is CC.CC.[Rb+].c1ccc2[n-]ccc2c1. The molecule has 1 heterocycles. The van der Waals surface area contributed by atoms with E-state index in [1.165, 1.54) is 5.39 Å². The number of hydrogen-bond donors (Lipinski definition) is 0. The molecule has 0 aliphatic rings. The van der Waals surface area contributed by atoms with Crippen molar-refractivity contribution < 1.29 is 58.2 Å². The van der Waals surface area contributed by atoms with E-state index in [1.54, 1.807) is 0 Å². The Hall–Kier alpha value is 0.565. The van der Waals surface area contributed by atoms with E-state index in [2.05, 4.69) is 11.1 Å². The third-order valence-corrected chi connectivity index (χ3v) is 1.40. The number of fused-ring (bicyclic) bond motifs is 1. The summed E-state index contributed by atoms with van der Waals surface area (Å²) in [6.45, 7) is 8.00. The first kappa shape index (κ1) is 17.0. The number of rotatable bonds is 0. The van der Waals surface area contributed by atoms with Crippen LogP contribution in [0.15, 0.2) is 36.5 Å². The molecule has 0 aliphatic heterocycles. The van der Waals surface area contributed by atoms with E-state index in [1.807, 2.05) is 58.2 Å². The minimum Gasteiger partial charge on any atom is -0.664 e. The number of nitrogens with zero attached hydrogens (tertiary/aromatic N) is 1. The zero-order valence-electron chi connectivity index (χ0n) is 9.91. The van der Waals surface area contributed by atoms with E-state index in [0.29, 0.717) is 0 Å². The van der Waals surface area contributed by atoms with E-state index in [-0.39, 0.29) is 58.2 Å². The minimum atomic E-state index is 0. The summed E-state index contributed by atoms with van der Waals surface area (Å²) < 4.78 is 0. The van der Waals surface area contributed by atoms with Crippen molar-refractivity contribution in [2.45, 2.75) is 27.7 Å². The monoisotopic (exact) mass is 261 g/mol. The third kappa shape index (κ3) is 5.45. The molecule has 0 saturated carbocycles. The van der Waals surface area contributed by atoms with Gasteiger partial charge < -0.3 is 4.98 Å². The van der Waals surface area contributed by atoms with Crippen LogP contribution in [0.3, 0.4) is 0 Å². The van der Waals surface area contributed by atoms with Gasteiger partial charge in [-0.3, -0.25) is 0 Å². The topological polar surface area (TPSA) is 14.1 Å². The smallest absolute Gasteiger partial charge is 0.664 e. The Morgan fingerprint density at radius 3 is 2.00 bits per heavy atom. The molecular formula is C12H18NRb. The van der Waals surface area contributed by atoms with Gasteiger partial charge in [-0.15, -0.1) is 5.52 Å². The number of para-hydroxylation sites is 1. The van der Waals surface area contributed by atoms with Crippen LogP contribution in [0.4, 0.5) is 0 Å². The van der Waals surface area contributed by atoms with Gasteiger partial charge in [-0.2, -0.15) is 6.20 Å². The maximum Gasteiger partial charge on any atom is 1.00 e. The molecule has 1 aromatic heterocycles. The molecular weight excluding hydrogens is 244 g/mol. The molecule has 0 bridgehead atoms. The zero-order valence-corrected chi connectivity index (χ0v) is 14.8. The van der Waals surface area contributed by atoms with Crippen LogP contribution >= 0.6 is 0 Å². The first-order valence-electron chi connectivity index (χ1n) is 4.93. The van der Waals surface area contributed by atoms with Crippen molar-refractivity contribution in [1.29, 1.82) is 0 Å². The quantitative estimate of drug-likeness (QED) is 0.686. The standard InChI is InChI=1S/C8H6N.2C2H6.Rb/c1-2-4-8-7(3-1)5-6-9-8;2*1-2;/h1-6H;2*1-2H3;/q-1;;;+1. The molecule has 2 heteroatoms. The summed E-state index contributed by atoms with van der Waals surface area (Å²) in [6.07, 6.45) is 1.82. The molecule has 0 saturated heterocycles. The van der Waals surface area contributed by atoms with Crippen molar-refractivity contribution in [3.05, 3.63) is 36.5 Å². The van der Waals surface area contributed by atoms with Gasteiger partial charge in [-0.25, -0.2) is 0 Å². The Balaban J connectivity index is 0. The molecule has 1 nitrogen and oxygen atoms in total. The second-order valence-electron chi connectivity index (χ2n) is 2.00. The van der Waals surface area contributed by atoms with Crippen molar-refractivity contribution in [2.75, 3.05) is 0 Å². The summed E-state index contributed by atoms with van der Waals surface area (Å²) in [5.41, 5.74) is 1.08. The van der Waals surface area contributed by atoms with E-state index in [4.69, 9.17) is 0 Å². The molecule has 0 radical (unpaired) electrons. The predicted octanol–water partition coefficient (Wildman–Crippen LogP) is 0.853. The van der Waals surface area contributed by atoms with Gasteiger partial charge in [0.15, 0.2) is 0 Å². The molecule has 1 aromatic carbocycles. The first-order valence-corrected chi connectivity index (χ1v) is 4.93. The molecule has 2 rings (SSSR count). The van der Waals surface area contributed by atoms with Crippen molar-refractivity contribution in [1.82, 2.24) is 4.98 Å². The van der Waals surface area contributed by atoms with Crippen LogP contribution in [0, 0.1) is 0 Å². The van der Waals surface area contributed by atoms with Gasteiger partial charge in [-0.1, -0.05) is 58.0 Å². The van der Waals surface area contributed by atoms with Crippen molar-refractivity contribution in [2.24, 2.45) is 0 Å². The molecule has 0 spiro atoms. The fourth-order valence-electron chi connectivity index (χ4n) is 0.944. The Morgan fingerprint density at radius 1 is 0.857 bits per heavy atom. The van der Waals surface area contributed by atoms with Crippen LogP contribution in [-0.2, 0) is 0 Å². The largest absolute Gasteiger partial charge is 1.00 e. The third-order valence-electron chi connectivity index (χ3n) is 1.40. The predicted molar refractivity (Wildman–Crippen MR) is 60.0 cm³/mol.